The lowest BCUT2D eigenvalue weighted by molar-refractivity contribution is -0.120. The number of nitrogens with two attached hydrogens (primary N) is 1. The smallest absolute Gasteiger partial charge is 0.221 e. The molecule has 3 N–H and O–H groups in total. The zero-order valence-corrected chi connectivity index (χ0v) is 11.5. The maximum absolute atomic E-state index is 11.0. The van der Waals surface area contributed by atoms with Crippen LogP contribution in [0.5, 0.6) is 0 Å². The summed E-state index contributed by atoms with van der Waals surface area (Å²) in [6.45, 7) is 5.73. The number of hydrogen-bond acceptors (Lipinski definition) is 3. The number of carbonyl (C=O) groups is 1. The van der Waals surface area contributed by atoms with E-state index in [1.54, 1.807) is 7.05 Å². The fourth-order valence-corrected chi connectivity index (χ4v) is 1.22. The molecule has 0 saturated heterocycles. The molecule has 0 spiro atoms. The van der Waals surface area contributed by atoms with Gasteiger partial charge in [0, 0.05) is 25.4 Å². The molecule has 4 nitrogen and oxygen atoms in total. The summed E-state index contributed by atoms with van der Waals surface area (Å²) in [6, 6.07) is 0. The number of nitrogens with zero attached hydrogens (tertiary/aromatic N) is 1. The number of rotatable bonds is 7. The van der Waals surface area contributed by atoms with Crippen molar-refractivity contribution in [1.29, 1.82) is 0 Å². The minimum atomic E-state index is -0.114. The summed E-state index contributed by atoms with van der Waals surface area (Å²) in [6.07, 6.45) is 1.44. The predicted molar refractivity (Wildman–Crippen MR) is 71.4 cm³/mol. The topological polar surface area (TPSA) is 58.4 Å². The molecule has 16 heavy (non-hydrogen) atoms. The van der Waals surface area contributed by atoms with E-state index in [-0.39, 0.29) is 11.3 Å². The molecule has 0 aromatic rings. The lowest BCUT2D eigenvalue weighted by atomic mass is 9.89. The monoisotopic (exact) mass is 245 g/mol. The van der Waals surface area contributed by atoms with Crippen LogP contribution in [0.2, 0.25) is 0 Å². The minimum absolute atomic E-state index is 0.0699. The first-order valence-corrected chi connectivity index (χ1v) is 5.89. The van der Waals surface area contributed by atoms with Crippen LogP contribution in [-0.4, -0.2) is 43.0 Å². The third-order valence-corrected chi connectivity index (χ3v) is 3.34. The Hall–Kier alpha value is -0.680. The Bertz CT molecular complexity index is 254. The van der Waals surface area contributed by atoms with Gasteiger partial charge in [-0.15, -0.1) is 0 Å². The Kier molecular flexibility index (Phi) is 6.52. The number of thiocarbonyl (C=S) groups is 1. The van der Waals surface area contributed by atoms with E-state index in [1.807, 2.05) is 20.9 Å². The number of nitrogens with one attached hydrogen (secondary N) is 1. The molecular formula is C11H23N3OS. The third-order valence-electron chi connectivity index (χ3n) is 2.78. The molecule has 0 rings (SSSR count). The fraction of sp³-hybridized carbons (Fsp3) is 0.818. The Morgan fingerprint density at radius 2 is 2.00 bits per heavy atom. The van der Waals surface area contributed by atoms with Crippen LogP contribution >= 0.6 is 12.2 Å². The van der Waals surface area contributed by atoms with Crippen molar-refractivity contribution in [1.82, 2.24) is 10.2 Å². The maximum atomic E-state index is 11.0. The van der Waals surface area contributed by atoms with Gasteiger partial charge in [0.15, 0.2) is 0 Å². The Labute approximate surface area is 104 Å². The van der Waals surface area contributed by atoms with Crippen LogP contribution in [0.1, 0.15) is 26.7 Å². The average molecular weight is 245 g/mol. The summed E-state index contributed by atoms with van der Waals surface area (Å²) in [5, 5.41) is 2.60. The first-order chi connectivity index (χ1) is 7.29. The predicted octanol–water partition coefficient (Wildman–Crippen LogP) is 0.757. The third kappa shape index (κ3) is 6.02. The van der Waals surface area contributed by atoms with Crippen LogP contribution in [0, 0.1) is 5.41 Å². The highest BCUT2D eigenvalue weighted by Crippen LogP contribution is 2.20. The van der Waals surface area contributed by atoms with Gasteiger partial charge in [0.05, 0.1) is 4.99 Å². The summed E-state index contributed by atoms with van der Waals surface area (Å²) in [5.74, 6) is 0.0699. The van der Waals surface area contributed by atoms with E-state index in [2.05, 4.69) is 10.2 Å². The Morgan fingerprint density at radius 1 is 1.44 bits per heavy atom. The first kappa shape index (κ1) is 15.3. The lowest BCUT2D eigenvalue weighted by Gasteiger charge is -2.26. The lowest BCUT2D eigenvalue weighted by Crippen LogP contribution is -2.34. The van der Waals surface area contributed by atoms with E-state index in [4.69, 9.17) is 18.0 Å². The highest BCUT2D eigenvalue weighted by atomic mass is 32.1. The molecule has 0 unspecified atom stereocenters. The normalized spacial score (nSPS) is 11.6. The van der Waals surface area contributed by atoms with Gasteiger partial charge in [-0.1, -0.05) is 26.1 Å². The van der Waals surface area contributed by atoms with E-state index in [0.717, 1.165) is 19.5 Å². The molecular weight excluding hydrogens is 222 g/mol. The molecule has 0 bridgehead atoms. The molecule has 0 aromatic carbocycles. The zero-order valence-electron chi connectivity index (χ0n) is 10.7. The van der Waals surface area contributed by atoms with E-state index in [9.17, 15) is 4.79 Å². The van der Waals surface area contributed by atoms with Crippen molar-refractivity contribution in [2.24, 2.45) is 11.1 Å². The molecule has 0 aromatic heterocycles. The molecule has 94 valence electrons. The summed E-state index contributed by atoms with van der Waals surface area (Å²) in [7, 11) is 3.65. The molecule has 0 saturated carbocycles. The fourth-order valence-electron chi connectivity index (χ4n) is 1.12. The molecule has 0 fully saturated rings. The highest BCUT2D eigenvalue weighted by molar-refractivity contribution is 7.80. The molecule has 5 heteroatoms. The van der Waals surface area contributed by atoms with Gasteiger partial charge in [-0.05, 0) is 20.0 Å². The van der Waals surface area contributed by atoms with Crippen LogP contribution in [-0.2, 0) is 4.79 Å². The van der Waals surface area contributed by atoms with Crippen LogP contribution < -0.4 is 11.1 Å². The summed E-state index contributed by atoms with van der Waals surface area (Å²) in [4.78, 5) is 13.7. The molecule has 0 aliphatic rings. The second kappa shape index (κ2) is 6.81. The number of carbonyl (C=O) groups excluding carboxylic acids is 1. The Balaban J connectivity index is 3.85. The zero-order chi connectivity index (χ0) is 12.8. The first-order valence-electron chi connectivity index (χ1n) is 5.48. The van der Waals surface area contributed by atoms with Crippen molar-refractivity contribution >= 4 is 23.1 Å². The van der Waals surface area contributed by atoms with E-state index in [1.165, 1.54) is 0 Å². The Morgan fingerprint density at radius 3 is 2.44 bits per heavy atom. The van der Waals surface area contributed by atoms with Crippen molar-refractivity contribution in [3.8, 4) is 0 Å². The molecule has 0 atom stereocenters. The van der Waals surface area contributed by atoms with Crippen molar-refractivity contribution < 1.29 is 4.79 Å². The van der Waals surface area contributed by atoms with E-state index < -0.39 is 0 Å². The van der Waals surface area contributed by atoms with Gasteiger partial charge < -0.3 is 16.0 Å². The van der Waals surface area contributed by atoms with Crippen LogP contribution in [0.3, 0.4) is 0 Å². The molecule has 1 amide bonds. The molecule has 0 radical (unpaired) electrons. The molecule has 0 aliphatic carbocycles. The van der Waals surface area contributed by atoms with Crippen molar-refractivity contribution in [3.63, 3.8) is 0 Å². The van der Waals surface area contributed by atoms with Gasteiger partial charge in [0.25, 0.3) is 0 Å². The van der Waals surface area contributed by atoms with Crippen molar-refractivity contribution in [3.05, 3.63) is 0 Å². The maximum Gasteiger partial charge on any atom is 0.221 e. The van der Waals surface area contributed by atoms with Gasteiger partial charge in [0.1, 0.15) is 0 Å². The van der Waals surface area contributed by atoms with Gasteiger partial charge in [-0.2, -0.15) is 0 Å². The van der Waals surface area contributed by atoms with Crippen molar-refractivity contribution in [2.45, 2.75) is 26.7 Å². The SMILES string of the molecule is CNC(=O)CCN(C)CCC(C)(C)C(N)=S. The molecule has 0 heterocycles. The minimum Gasteiger partial charge on any atom is -0.393 e. The summed E-state index contributed by atoms with van der Waals surface area (Å²) in [5.41, 5.74) is 5.53. The number of hydrogen-bond donors (Lipinski definition) is 2. The second-order valence-electron chi connectivity index (χ2n) is 4.72. The number of amides is 1. The standard InChI is InChI=1S/C11H23N3OS/c1-11(2,10(12)16)6-8-14(4)7-5-9(15)13-3/h5-8H2,1-4H3,(H2,12,16)(H,13,15). The van der Waals surface area contributed by atoms with Gasteiger partial charge in [0.2, 0.25) is 5.91 Å². The van der Waals surface area contributed by atoms with Gasteiger partial charge in [-0.25, -0.2) is 0 Å². The summed E-state index contributed by atoms with van der Waals surface area (Å²) < 4.78 is 0. The van der Waals surface area contributed by atoms with Crippen LogP contribution in [0.25, 0.3) is 0 Å². The highest BCUT2D eigenvalue weighted by Gasteiger charge is 2.21. The van der Waals surface area contributed by atoms with E-state index >= 15 is 0 Å². The van der Waals surface area contributed by atoms with Crippen molar-refractivity contribution in [2.75, 3.05) is 27.2 Å². The average Bonchev–Trinajstić information content (AvgIpc) is 2.22. The van der Waals surface area contributed by atoms with Gasteiger partial charge >= 0.3 is 0 Å². The largest absolute Gasteiger partial charge is 0.393 e. The van der Waals surface area contributed by atoms with E-state index in [0.29, 0.717) is 11.4 Å². The quantitative estimate of drug-likeness (QED) is 0.650. The second-order valence-corrected chi connectivity index (χ2v) is 5.16. The summed E-state index contributed by atoms with van der Waals surface area (Å²) >= 11 is 5.00. The van der Waals surface area contributed by atoms with Crippen LogP contribution in [0.15, 0.2) is 0 Å². The van der Waals surface area contributed by atoms with Crippen LogP contribution in [0.4, 0.5) is 0 Å². The molecule has 0 aliphatic heterocycles. The van der Waals surface area contributed by atoms with Gasteiger partial charge in [-0.3, -0.25) is 4.79 Å².